The van der Waals surface area contributed by atoms with Crippen molar-refractivity contribution < 1.29 is 4.74 Å². The molecular weight excluding hydrogens is 403 g/mol. The first-order valence-corrected chi connectivity index (χ1v) is 9.29. The summed E-state index contributed by atoms with van der Waals surface area (Å²) in [6.45, 7) is 5.88. The minimum Gasteiger partial charge on any atom is -0.365 e. The fourth-order valence-electron chi connectivity index (χ4n) is 3.48. The molecule has 1 saturated carbocycles. The van der Waals surface area contributed by atoms with Gasteiger partial charge in [-0.15, -0.1) is 0 Å². The van der Waals surface area contributed by atoms with E-state index in [1.54, 1.807) is 0 Å². The van der Waals surface area contributed by atoms with Gasteiger partial charge in [-0.2, -0.15) is 0 Å². The van der Waals surface area contributed by atoms with Gasteiger partial charge < -0.3 is 14.6 Å². The smallest absolute Gasteiger partial charge is 0.258 e. The van der Waals surface area contributed by atoms with Gasteiger partial charge in [0, 0.05) is 39.7 Å². The SMILES string of the molecule is C[C@@H]1CNC[C@](C)(c2ccc3c(=O)n(C4CC4)cc(I)c3c2)O1. The molecule has 2 atom stereocenters. The highest BCUT2D eigenvalue weighted by Crippen LogP contribution is 2.36. The Morgan fingerprint density at radius 1 is 1.35 bits per heavy atom. The first-order chi connectivity index (χ1) is 11.0. The average molecular weight is 424 g/mol. The third kappa shape index (κ3) is 2.72. The molecule has 1 aliphatic carbocycles. The van der Waals surface area contributed by atoms with E-state index >= 15 is 0 Å². The van der Waals surface area contributed by atoms with Crippen LogP contribution in [0.25, 0.3) is 10.8 Å². The average Bonchev–Trinajstić information content (AvgIpc) is 3.35. The summed E-state index contributed by atoms with van der Waals surface area (Å²) in [5, 5.41) is 5.29. The summed E-state index contributed by atoms with van der Waals surface area (Å²) in [6.07, 6.45) is 4.44. The standard InChI is InChI=1S/C18H21IN2O2/c1-11-8-20-10-18(2,23-11)12-3-6-14-15(7-12)16(19)9-21(17(14)22)13-4-5-13/h3,6-7,9,11,13,20H,4-5,8,10H2,1-2H3/t11-,18-/m1/s1. The van der Waals surface area contributed by atoms with Crippen LogP contribution in [0.5, 0.6) is 0 Å². The van der Waals surface area contributed by atoms with Gasteiger partial charge in [0.2, 0.25) is 0 Å². The molecule has 2 aliphatic rings. The Hall–Kier alpha value is -0.920. The Balaban J connectivity index is 1.83. The second-order valence-corrected chi connectivity index (χ2v) is 8.13. The van der Waals surface area contributed by atoms with Crippen molar-refractivity contribution in [1.29, 1.82) is 0 Å². The second-order valence-electron chi connectivity index (χ2n) is 6.97. The summed E-state index contributed by atoms with van der Waals surface area (Å²) in [6, 6.07) is 6.57. The van der Waals surface area contributed by atoms with Crippen LogP contribution in [-0.4, -0.2) is 23.8 Å². The van der Waals surface area contributed by atoms with Gasteiger partial charge in [0.25, 0.3) is 5.56 Å². The molecule has 23 heavy (non-hydrogen) atoms. The van der Waals surface area contributed by atoms with E-state index in [-0.39, 0.29) is 17.3 Å². The van der Waals surface area contributed by atoms with Gasteiger partial charge >= 0.3 is 0 Å². The molecule has 0 bridgehead atoms. The lowest BCUT2D eigenvalue weighted by Crippen LogP contribution is -2.49. The Kier molecular flexibility index (Phi) is 3.77. The van der Waals surface area contributed by atoms with Crippen LogP contribution in [0.1, 0.15) is 38.3 Å². The van der Waals surface area contributed by atoms with Gasteiger partial charge in [0.05, 0.1) is 6.10 Å². The summed E-state index contributed by atoms with van der Waals surface area (Å²) in [7, 11) is 0. The molecule has 2 heterocycles. The zero-order valence-corrected chi connectivity index (χ0v) is 15.6. The molecule has 4 nitrogen and oxygen atoms in total. The number of hydrogen-bond acceptors (Lipinski definition) is 3. The number of hydrogen-bond donors (Lipinski definition) is 1. The molecule has 1 N–H and O–H groups in total. The van der Waals surface area contributed by atoms with Gasteiger partial charge in [-0.3, -0.25) is 4.79 Å². The highest BCUT2D eigenvalue weighted by atomic mass is 127. The molecule has 1 aromatic heterocycles. The van der Waals surface area contributed by atoms with Crippen LogP contribution in [0.4, 0.5) is 0 Å². The predicted molar refractivity (Wildman–Crippen MR) is 100.0 cm³/mol. The van der Waals surface area contributed by atoms with Crippen molar-refractivity contribution >= 4 is 33.4 Å². The first kappa shape index (κ1) is 15.6. The number of pyridine rings is 1. The van der Waals surface area contributed by atoms with Crippen LogP contribution in [0, 0.1) is 3.57 Å². The maximum absolute atomic E-state index is 12.7. The lowest BCUT2D eigenvalue weighted by Gasteiger charge is -2.38. The number of nitrogens with zero attached hydrogens (tertiary/aromatic N) is 1. The molecular formula is C18H21IN2O2. The number of nitrogens with one attached hydrogen (secondary N) is 1. The Morgan fingerprint density at radius 2 is 2.13 bits per heavy atom. The number of halogens is 1. The maximum atomic E-state index is 12.7. The van der Waals surface area contributed by atoms with Crippen molar-refractivity contribution in [3.8, 4) is 0 Å². The van der Waals surface area contributed by atoms with Gasteiger partial charge in [-0.1, -0.05) is 6.07 Å². The summed E-state index contributed by atoms with van der Waals surface area (Å²) in [4.78, 5) is 12.7. The third-order valence-corrected chi connectivity index (χ3v) is 5.76. The van der Waals surface area contributed by atoms with Crippen LogP contribution >= 0.6 is 22.6 Å². The minimum absolute atomic E-state index is 0.135. The minimum atomic E-state index is -0.347. The van der Waals surface area contributed by atoms with Crippen molar-refractivity contribution in [3.63, 3.8) is 0 Å². The Bertz CT molecular complexity index is 828. The molecule has 1 aromatic carbocycles. The summed E-state index contributed by atoms with van der Waals surface area (Å²) in [5.41, 5.74) is 0.918. The number of morpholine rings is 1. The lowest BCUT2D eigenvalue weighted by atomic mass is 9.92. The van der Waals surface area contributed by atoms with Gasteiger partial charge in [-0.25, -0.2) is 0 Å². The molecule has 2 fully saturated rings. The largest absolute Gasteiger partial charge is 0.365 e. The molecule has 0 amide bonds. The molecule has 122 valence electrons. The number of aromatic nitrogens is 1. The first-order valence-electron chi connectivity index (χ1n) is 8.21. The predicted octanol–water partition coefficient (Wildman–Crippen LogP) is 3.16. The van der Waals surface area contributed by atoms with E-state index < -0.39 is 0 Å². The van der Waals surface area contributed by atoms with Crippen molar-refractivity contribution in [3.05, 3.63) is 43.9 Å². The maximum Gasteiger partial charge on any atom is 0.258 e. The molecule has 0 unspecified atom stereocenters. The van der Waals surface area contributed by atoms with Gasteiger partial charge in [-0.05, 0) is 67.0 Å². The molecule has 2 aromatic rings. The summed E-state index contributed by atoms with van der Waals surface area (Å²) in [5.74, 6) is 0. The number of rotatable bonds is 2. The van der Waals surface area contributed by atoms with E-state index in [2.05, 4.69) is 53.9 Å². The highest BCUT2D eigenvalue weighted by molar-refractivity contribution is 14.1. The number of benzene rings is 1. The monoisotopic (exact) mass is 424 g/mol. The molecule has 1 saturated heterocycles. The molecule has 0 radical (unpaired) electrons. The van der Waals surface area contributed by atoms with Crippen LogP contribution in [0.15, 0.2) is 29.2 Å². The quantitative estimate of drug-likeness (QED) is 0.754. The molecule has 5 heteroatoms. The van der Waals surface area contributed by atoms with E-state index in [9.17, 15) is 4.79 Å². The van der Waals surface area contributed by atoms with Crippen molar-refractivity contribution in [2.24, 2.45) is 0 Å². The third-order valence-electron chi connectivity index (χ3n) is 4.90. The van der Waals surface area contributed by atoms with Crippen LogP contribution in [0.2, 0.25) is 0 Å². The topological polar surface area (TPSA) is 43.3 Å². The molecule has 0 spiro atoms. The molecule has 1 aliphatic heterocycles. The van der Waals surface area contributed by atoms with E-state index in [0.717, 1.165) is 45.8 Å². The van der Waals surface area contributed by atoms with Crippen LogP contribution in [-0.2, 0) is 10.3 Å². The fourth-order valence-corrected chi connectivity index (χ4v) is 4.23. The Morgan fingerprint density at radius 3 is 2.83 bits per heavy atom. The van der Waals surface area contributed by atoms with Crippen molar-refractivity contribution in [1.82, 2.24) is 9.88 Å². The number of fused-ring (bicyclic) bond motifs is 1. The highest BCUT2D eigenvalue weighted by Gasteiger charge is 2.33. The molecule has 4 rings (SSSR count). The normalized spacial score (nSPS) is 28.2. The van der Waals surface area contributed by atoms with E-state index in [1.165, 1.54) is 0 Å². The van der Waals surface area contributed by atoms with Crippen molar-refractivity contribution in [2.45, 2.75) is 44.4 Å². The summed E-state index contributed by atoms with van der Waals surface area (Å²) >= 11 is 2.34. The second kappa shape index (κ2) is 5.57. The van der Waals surface area contributed by atoms with Gasteiger partial charge in [0.15, 0.2) is 0 Å². The summed E-state index contributed by atoms with van der Waals surface area (Å²) < 4.78 is 9.24. The van der Waals surface area contributed by atoms with E-state index in [0.29, 0.717) is 6.04 Å². The van der Waals surface area contributed by atoms with Gasteiger partial charge in [0.1, 0.15) is 5.60 Å². The zero-order valence-electron chi connectivity index (χ0n) is 13.4. The zero-order chi connectivity index (χ0) is 16.2. The van der Waals surface area contributed by atoms with Crippen LogP contribution in [0.3, 0.4) is 0 Å². The number of ether oxygens (including phenoxy) is 1. The fraction of sp³-hybridized carbons (Fsp3) is 0.500. The van der Waals surface area contributed by atoms with Crippen LogP contribution < -0.4 is 10.9 Å². The Labute approximate surface area is 149 Å². The van der Waals surface area contributed by atoms with E-state index in [4.69, 9.17) is 4.74 Å². The van der Waals surface area contributed by atoms with E-state index in [1.807, 2.05) is 16.8 Å². The van der Waals surface area contributed by atoms with Crippen molar-refractivity contribution in [2.75, 3.05) is 13.1 Å². The lowest BCUT2D eigenvalue weighted by molar-refractivity contribution is -0.102.